The zero-order chi connectivity index (χ0) is 21.4. The number of rotatable bonds is 3. The maximum absolute atomic E-state index is 14.3. The molecule has 0 bridgehead atoms. The van der Waals surface area contributed by atoms with Crippen LogP contribution in [0.2, 0.25) is 0 Å². The highest BCUT2D eigenvalue weighted by molar-refractivity contribution is 5.89. The molecule has 2 aromatic heterocycles. The zero-order valence-electron chi connectivity index (χ0n) is 15.8. The van der Waals surface area contributed by atoms with Crippen molar-refractivity contribution >= 4 is 11.7 Å². The summed E-state index contributed by atoms with van der Waals surface area (Å²) in [6.07, 6.45) is -0.0722. The molecule has 156 valence electrons. The number of benzene rings is 1. The van der Waals surface area contributed by atoms with Gasteiger partial charge in [-0.15, -0.1) is 0 Å². The fraction of sp³-hybridized carbons (Fsp3) is 0.250. The minimum absolute atomic E-state index is 0.117. The largest absolute Gasteiger partial charge is 0.322 e. The van der Waals surface area contributed by atoms with Crippen LogP contribution in [0.4, 0.5) is 28.0 Å². The first-order chi connectivity index (χ1) is 14.3. The summed E-state index contributed by atoms with van der Waals surface area (Å²) in [5, 5.41) is 6.86. The van der Waals surface area contributed by atoms with Gasteiger partial charge in [0.1, 0.15) is 17.3 Å². The third-order valence-corrected chi connectivity index (χ3v) is 4.98. The van der Waals surface area contributed by atoms with Gasteiger partial charge in [-0.05, 0) is 31.2 Å². The molecule has 3 aromatic rings. The number of hydrogen-bond donors (Lipinski definition) is 1. The van der Waals surface area contributed by atoms with Gasteiger partial charge in [-0.3, -0.25) is 9.67 Å². The Morgan fingerprint density at radius 2 is 2.00 bits per heavy atom. The van der Waals surface area contributed by atoms with E-state index < -0.39 is 29.8 Å². The summed E-state index contributed by atoms with van der Waals surface area (Å²) in [4.78, 5) is 17.9. The van der Waals surface area contributed by atoms with Crippen LogP contribution in [-0.2, 0) is 13.1 Å². The van der Waals surface area contributed by atoms with Gasteiger partial charge in [-0.25, -0.2) is 22.4 Å². The Bertz CT molecular complexity index is 1100. The molecule has 0 radical (unpaired) electrons. The number of carbonyl (C=O) groups excluding carboxylic acids is 1. The maximum atomic E-state index is 14.3. The van der Waals surface area contributed by atoms with Gasteiger partial charge < -0.3 is 10.2 Å². The molecule has 2 amide bonds. The maximum Gasteiger partial charge on any atom is 0.322 e. The molecule has 1 atom stereocenters. The second-order valence-electron chi connectivity index (χ2n) is 6.99. The van der Waals surface area contributed by atoms with E-state index in [1.807, 2.05) is 6.92 Å². The SMILES string of the molecule is CC1Cn2ncc(-c3ccc(F)cc3F)c2CN1C(=O)Nc1ccnc(C(F)F)c1. The third kappa shape index (κ3) is 3.72. The number of urea groups is 1. The Labute approximate surface area is 169 Å². The van der Waals surface area contributed by atoms with Crippen molar-refractivity contribution in [1.29, 1.82) is 0 Å². The quantitative estimate of drug-likeness (QED) is 0.632. The van der Waals surface area contributed by atoms with Crippen LogP contribution in [0, 0.1) is 11.6 Å². The molecule has 0 fully saturated rings. The Morgan fingerprint density at radius 3 is 2.73 bits per heavy atom. The minimum Gasteiger partial charge on any atom is -0.314 e. The fourth-order valence-corrected chi connectivity index (χ4v) is 3.45. The number of halogens is 4. The lowest BCUT2D eigenvalue weighted by molar-refractivity contribution is 0.146. The predicted octanol–water partition coefficient (Wildman–Crippen LogP) is 4.60. The van der Waals surface area contributed by atoms with Gasteiger partial charge in [0.2, 0.25) is 0 Å². The molecular formula is C20H17F4N5O. The topological polar surface area (TPSA) is 63.1 Å². The number of anilines is 1. The molecule has 1 unspecified atom stereocenters. The summed E-state index contributed by atoms with van der Waals surface area (Å²) in [5.74, 6) is -1.41. The first-order valence-corrected chi connectivity index (χ1v) is 9.15. The lowest BCUT2D eigenvalue weighted by Gasteiger charge is -2.34. The van der Waals surface area contributed by atoms with Gasteiger partial charge in [0.15, 0.2) is 0 Å². The van der Waals surface area contributed by atoms with Crippen molar-refractivity contribution in [2.75, 3.05) is 5.32 Å². The van der Waals surface area contributed by atoms with E-state index in [0.717, 1.165) is 18.2 Å². The summed E-state index contributed by atoms with van der Waals surface area (Å²) >= 11 is 0. The van der Waals surface area contributed by atoms with Crippen molar-refractivity contribution in [3.63, 3.8) is 0 Å². The molecule has 6 nitrogen and oxygen atoms in total. The number of fused-ring (bicyclic) bond motifs is 1. The molecule has 0 saturated carbocycles. The Kier molecular flexibility index (Phi) is 5.15. The summed E-state index contributed by atoms with van der Waals surface area (Å²) < 4.78 is 54.9. The van der Waals surface area contributed by atoms with Crippen LogP contribution in [0.1, 0.15) is 24.7 Å². The normalized spacial score (nSPS) is 15.9. The van der Waals surface area contributed by atoms with Gasteiger partial charge in [0.05, 0.1) is 31.0 Å². The molecule has 3 heterocycles. The monoisotopic (exact) mass is 419 g/mol. The number of alkyl halides is 2. The number of amides is 2. The zero-order valence-corrected chi connectivity index (χ0v) is 15.8. The van der Waals surface area contributed by atoms with Gasteiger partial charge in [0.25, 0.3) is 6.43 Å². The van der Waals surface area contributed by atoms with Crippen LogP contribution in [0.25, 0.3) is 11.1 Å². The average molecular weight is 419 g/mol. The van der Waals surface area contributed by atoms with E-state index in [4.69, 9.17) is 0 Å². The van der Waals surface area contributed by atoms with Crippen molar-refractivity contribution in [1.82, 2.24) is 19.7 Å². The molecule has 1 aliphatic heterocycles. The summed E-state index contributed by atoms with van der Waals surface area (Å²) in [6, 6.07) is 5.06. The van der Waals surface area contributed by atoms with E-state index >= 15 is 0 Å². The Morgan fingerprint density at radius 1 is 1.20 bits per heavy atom. The smallest absolute Gasteiger partial charge is 0.314 e. The van der Waals surface area contributed by atoms with E-state index in [2.05, 4.69) is 15.4 Å². The molecule has 1 aromatic carbocycles. The first kappa shape index (κ1) is 19.9. The minimum atomic E-state index is -2.75. The summed E-state index contributed by atoms with van der Waals surface area (Å²) in [6.45, 7) is 2.30. The molecule has 4 rings (SSSR count). The van der Waals surface area contributed by atoms with E-state index in [1.54, 1.807) is 4.68 Å². The number of hydrogen-bond acceptors (Lipinski definition) is 3. The number of nitrogens with one attached hydrogen (secondary N) is 1. The van der Waals surface area contributed by atoms with E-state index in [-0.39, 0.29) is 23.8 Å². The standard InChI is InChI=1S/C20H17F4N5O/c1-11-9-29-18(15(8-26-29)14-3-2-12(21)6-16(14)22)10-28(11)20(30)27-13-4-5-25-17(7-13)19(23)24/h2-8,11,19H,9-10H2,1H3,(H,25,27,30). The second kappa shape index (κ2) is 7.77. The van der Waals surface area contributed by atoms with Crippen LogP contribution in [0.5, 0.6) is 0 Å². The number of pyridine rings is 1. The molecule has 1 aliphatic rings. The number of carbonyl (C=O) groups is 1. The fourth-order valence-electron chi connectivity index (χ4n) is 3.45. The van der Waals surface area contributed by atoms with Crippen LogP contribution < -0.4 is 5.32 Å². The molecule has 30 heavy (non-hydrogen) atoms. The lowest BCUT2D eigenvalue weighted by Crippen LogP contribution is -2.47. The highest BCUT2D eigenvalue weighted by atomic mass is 19.3. The molecule has 0 aliphatic carbocycles. The van der Waals surface area contributed by atoms with Crippen molar-refractivity contribution in [3.8, 4) is 11.1 Å². The summed E-state index contributed by atoms with van der Waals surface area (Å²) in [7, 11) is 0. The van der Waals surface area contributed by atoms with E-state index in [0.29, 0.717) is 17.8 Å². The van der Waals surface area contributed by atoms with Crippen molar-refractivity contribution in [2.45, 2.75) is 32.5 Å². The van der Waals surface area contributed by atoms with Gasteiger partial charge in [0, 0.05) is 29.1 Å². The van der Waals surface area contributed by atoms with Crippen LogP contribution in [0.15, 0.2) is 42.7 Å². The molecular weight excluding hydrogens is 402 g/mol. The van der Waals surface area contributed by atoms with Crippen LogP contribution in [0.3, 0.4) is 0 Å². The predicted molar refractivity (Wildman–Crippen MR) is 101 cm³/mol. The highest BCUT2D eigenvalue weighted by Crippen LogP contribution is 2.31. The molecule has 0 saturated heterocycles. The van der Waals surface area contributed by atoms with Crippen molar-refractivity contribution in [3.05, 3.63) is 65.7 Å². The molecule has 0 spiro atoms. The van der Waals surface area contributed by atoms with E-state index in [1.165, 1.54) is 29.4 Å². The van der Waals surface area contributed by atoms with Gasteiger partial charge >= 0.3 is 6.03 Å². The average Bonchev–Trinajstić information content (AvgIpc) is 3.10. The third-order valence-electron chi connectivity index (χ3n) is 4.98. The number of aromatic nitrogens is 3. The highest BCUT2D eigenvalue weighted by Gasteiger charge is 2.30. The molecule has 10 heteroatoms. The first-order valence-electron chi connectivity index (χ1n) is 9.15. The summed E-state index contributed by atoms with van der Waals surface area (Å²) in [5.41, 5.74) is 0.995. The lowest BCUT2D eigenvalue weighted by atomic mass is 10.0. The van der Waals surface area contributed by atoms with Gasteiger partial charge in [-0.1, -0.05) is 0 Å². The Hall–Kier alpha value is -3.43. The van der Waals surface area contributed by atoms with Crippen LogP contribution >= 0.6 is 0 Å². The van der Waals surface area contributed by atoms with Crippen molar-refractivity contribution < 1.29 is 22.4 Å². The van der Waals surface area contributed by atoms with Crippen molar-refractivity contribution in [2.24, 2.45) is 0 Å². The second-order valence-corrected chi connectivity index (χ2v) is 6.99. The Balaban J connectivity index is 1.59. The molecule has 1 N–H and O–H groups in total. The number of nitrogens with zero attached hydrogens (tertiary/aromatic N) is 4. The van der Waals surface area contributed by atoms with Crippen LogP contribution in [-0.4, -0.2) is 31.7 Å². The van der Waals surface area contributed by atoms with Gasteiger partial charge in [-0.2, -0.15) is 5.10 Å². The van der Waals surface area contributed by atoms with E-state index in [9.17, 15) is 22.4 Å².